The Morgan fingerprint density at radius 3 is 2.91 bits per heavy atom. The normalized spacial score (nSPS) is 15.4. The van der Waals surface area contributed by atoms with Gasteiger partial charge in [0, 0.05) is 11.3 Å². The van der Waals surface area contributed by atoms with Crippen LogP contribution in [0.2, 0.25) is 0 Å². The highest BCUT2D eigenvalue weighted by Crippen LogP contribution is 2.30. The van der Waals surface area contributed by atoms with E-state index in [1.807, 2.05) is 0 Å². The van der Waals surface area contributed by atoms with Crippen molar-refractivity contribution in [3.63, 3.8) is 0 Å². The van der Waals surface area contributed by atoms with Crippen molar-refractivity contribution in [1.29, 1.82) is 0 Å². The van der Waals surface area contributed by atoms with Gasteiger partial charge in [0.1, 0.15) is 4.90 Å². The Hall–Kier alpha value is -1.45. The van der Waals surface area contributed by atoms with Gasteiger partial charge >= 0.3 is 0 Å². The van der Waals surface area contributed by atoms with Crippen LogP contribution in [0, 0.1) is 0 Å². The number of fused-ring (bicyclic) bond motifs is 1. The SMILES string of the molecule is CCCCSc1nnc(NC2=NS(=O)(=O)c3ccccc32)s1. The standard InChI is InChI=1S/C13H14N4O2S3/c1-2-3-8-20-13-16-15-12(21-13)14-11-9-6-4-5-7-10(9)22(18,19)17-11/h4-7H,2-3,8H2,1H3,(H,14,15,17). The van der Waals surface area contributed by atoms with Crippen molar-refractivity contribution in [2.75, 3.05) is 11.1 Å². The van der Waals surface area contributed by atoms with Crippen molar-refractivity contribution >= 4 is 44.1 Å². The van der Waals surface area contributed by atoms with Crippen LogP contribution in [0.3, 0.4) is 0 Å². The lowest BCUT2D eigenvalue weighted by Gasteiger charge is -2.01. The summed E-state index contributed by atoms with van der Waals surface area (Å²) in [6.07, 6.45) is 2.27. The molecule has 0 saturated carbocycles. The van der Waals surface area contributed by atoms with Crippen LogP contribution in [0.15, 0.2) is 37.9 Å². The van der Waals surface area contributed by atoms with Crippen molar-refractivity contribution in [2.24, 2.45) is 4.40 Å². The zero-order chi connectivity index (χ0) is 15.6. The molecule has 1 aliphatic rings. The summed E-state index contributed by atoms with van der Waals surface area (Å²) < 4.78 is 28.6. The molecule has 0 amide bonds. The summed E-state index contributed by atoms with van der Waals surface area (Å²) in [4.78, 5) is 0.222. The molecule has 0 saturated heterocycles. The van der Waals surface area contributed by atoms with E-state index in [0.29, 0.717) is 16.5 Å². The third kappa shape index (κ3) is 3.16. The van der Waals surface area contributed by atoms with Crippen LogP contribution in [-0.4, -0.2) is 30.2 Å². The predicted octanol–water partition coefficient (Wildman–Crippen LogP) is 2.99. The van der Waals surface area contributed by atoms with Gasteiger partial charge in [0.2, 0.25) is 5.13 Å². The number of anilines is 1. The monoisotopic (exact) mass is 354 g/mol. The molecule has 1 N–H and O–H groups in total. The van der Waals surface area contributed by atoms with Gasteiger partial charge in [0.25, 0.3) is 10.0 Å². The number of hydrogen-bond acceptors (Lipinski definition) is 7. The highest BCUT2D eigenvalue weighted by molar-refractivity contribution is 8.01. The minimum absolute atomic E-state index is 0.222. The van der Waals surface area contributed by atoms with E-state index >= 15 is 0 Å². The van der Waals surface area contributed by atoms with E-state index in [1.165, 1.54) is 11.3 Å². The molecular formula is C13H14N4O2S3. The van der Waals surface area contributed by atoms with Crippen LogP contribution in [0.5, 0.6) is 0 Å². The van der Waals surface area contributed by atoms with E-state index in [4.69, 9.17) is 0 Å². The number of rotatable bonds is 5. The Kier molecular flexibility index (Phi) is 4.46. The van der Waals surface area contributed by atoms with Gasteiger partial charge in [-0.15, -0.1) is 14.6 Å². The second-order valence-electron chi connectivity index (χ2n) is 4.61. The van der Waals surface area contributed by atoms with E-state index in [2.05, 4.69) is 26.8 Å². The quantitative estimate of drug-likeness (QED) is 0.656. The number of unbranched alkanes of at least 4 members (excludes halogenated alkanes) is 1. The van der Waals surface area contributed by atoms with Gasteiger partial charge in [0.15, 0.2) is 10.2 Å². The average Bonchev–Trinajstić information content (AvgIpc) is 3.04. The fraction of sp³-hybridized carbons (Fsp3) is 0.308. The molecule has 1 aliphatic heterocycles. The summed E-state index contributed by atoms with van der Waals surface area (Å²) in [6, 6.07) is 6.74. The van der Waals surface area contributed by atoms with Gasteiger partial charge in [-0.2, -0.15) is 8.42 Å². The second kappa shape index (κ2) is 6.35. The number of benzene rings is 1. The lowest BCUT2D eigenvalue weighted by atomic mass is 10.2. The third-order valence-corrected chi connectivity index (χ3v) is 6.38. The summed E-state index contributed by atoms with van der Waals surface area (Å²) in [5.41, 5.74) is 0.567. The Labute approximate surface area is 137 Å². The number of thioether (sulfide) groups is 1. The first-order valence-electron chi connectivity index (χ1n) is 6.78. The molecule has 0 atom stereocenters. The first-order valence-corrected chi connectivity index (χ1v) is 10.0. The summed E-state index contributed by atoms with van der Waals surface area (Å²) in [6.45, 7) is 2.14. The molecule has 0 bridgehead atoms. The molecule has 116 valence electrons. The maximum Gasteiger partial charge on any atom is 0.285 e. The van der Waals surface area contributed by atoms with Gasteiger partial charge in [-0.3, -0.25) is 0 Å². The van der Waals surface area contributed by atoms with Crippen molar-refractivity contribution in [1.82, 2.24) is 10.2 Å². The number of nitrogens with one attached hydrogen (secondary N) is 1. The second-order valence-corrected chi connectivity index (χ2v) is 8.50. The van der Waals surface area contributed by atoms with Crippen molar-refractivity contribution in [3.8, 4) is 0 Å². The molecule has 3 rings (SSSR count). The zero-order valence-corrected chi connectivity index (χ0v) is 14.3. The molecule has 1 aromatic carbocycles. The molecule has 0 fully saturated rings. The lowest BCUT2D eigenvalue weighted by molar-refractivity contribution is 0.599. The fourth-order valence-corrected chi connectivity index (χ4v) is 5.00. The van der Waals surface area contributed by atoms with Gasteiger partial charge in [-0.1, -0.05) is 48.6 Å². The molecule has 2 aromatic rings. The number of amidine groups is 1. The predicted molar refractivity (Wildman–Crippen MR) is 89.3 cm³/mol. The average molecular weight is 354 g/mol. The van der Waals surface area contributed by atoms with Crippen LogP contribution in [-0.2, 0) is 10.0 Å². The molecular weight excluding hydrogens is 340 g/mol. The molecule has 0 aliphatic carbocycles. The molecule has 0 spiro atoms. The topological polar surface area (TPSA) is 84.3 Å². The molecule has 1 aromatic heterocycles. The van der Waals surface area contributed by atoms with Crippen LogP contribution in [0.1, 0.15) is 25.3 Å². The summed E-state index contributed by atoms with van der Waals surface area (Å²) in [5.74, 6) is 1.31. The van der Waals surface area contributed by atoms with Crippen molar-refractivity contribution in [3.05, 3.63) is 29.8 Å². The number of nitrogens with zero attached hydrogens (tertiary/aromatic N) is 3. The summed E-state index contributed by atoms with van der Waals surface area (Å²) in [5, 5.41) is 11.6. The molecule has 9 heteroatoms. The number of aromatic nitrogens is 2. The maximum atomic E-state index is 12.0. The Morgan fingerprint density at radius 1 is 1.27 bits per heavy atom. The lowest BCUT2D eigenvalue weighted by Crippen LogP contribution is -2.10. The van der Waals surface area contributed by atoms with E-state index < -0.39 is 10.0 Å². The first-order chi connectivity index (χ1) is 10.6. The number of sulfonamides is 1. The van der Waals surface area contributed by atoms with Gasteiger partial charge < -0.3 is 5.32 Å². The van der Waals surface area contributed by atoms with E-state index in [9.17, 15) is 8.42 Å². The highest BCUT2D eigenvalue weighted by Gasteiger charge is 2.28. The fourth-order valence-electron chi connectivity index (χ4n) is 1.92. The first kappa shape index (κ1) is 15.4. The van der Waals surface area contributed by atoms with Crippen molar-refractivity contribution in [2.45, 2.75) is 29.0 Å². The van der Waals surface area contributed by atoms with Gasteiger partial charge in [-0.25, -0.2) is 0 Å². The molecule has 0 unspecified atom stereocenters. The zero-order valence-electron chi connectivity index (χ0n) is 11.8. The van der Waals surface area contributed by atoms with Crippen LogP contribution >= 0.6 is 23.1 Å². The Bertz CT molecular complexity index is 814. The molecule has 2 heterocycles. The van der Waals surface area contributed by atoms with Crippen LogP contribution in [0.4, 0.5) is 5.13 Å². The Balaban J connectivity index is 1.77. The van der Waals surface area contributed by atoms with E-state index in [1.54, 1.807) is 36.0 Å². The largest absolute Gasteiger partial charge is 0.314 e. The maximum absolute atomic E-state index is 12.0. The molecule has 0 radical (unpaired) electrons. The van der Waals surface area contributed by atoms with Crippen LogP contribution in [0.25, 0.3) is 0 Å². The third-order valence-electron chi connectivity index (χ3n) is 2.99. The minimum atomic E-state index is -3.61. The van der Waals surface area contributed by atoms with E-state index in [-0.39, 0.29) is 4.90 Å². The van der Waals surface area contributed by atoms with Gasteiger partial charge in [0.05, 0.1) is 0 Å². The highest BCUT2D eigenvalue weighted by atomic mass is 32.2. The number of hydrogen-bond donors (Lipinski definition) is 1. The summed E-state index contributed by atoms with van der Waals surface area (Å²) in [7, 11) is -3.61. The van der Waals surface area contributed by atoms with Crippen LogP contribution < -0.4 is 5.32 Å². The van der Waals surface area contributed by atoms with Crippen molar-refractivity contribution < 1.29 is 8.42 Å². The molecule has 22 heavy (non-hydrogen) atoms. The smallest absolute Gasteiger partial charge is 0.285 e. The summed E-state index contributed by atoms with van der Waals surface area (Å²) >= 11 is 3.05. The Morgan fingerprint density at radius 2 is 2.09 bits per heavy atom. The molecule has 6 nitrogen and oxygen atoms in total. The van der Waals surface area contributed by atoms with E-state index in [0.717, 1.165) is 22.9 Å². The minimum Gasteiger partial charge on any atom is -0.314 e. The van der Waals surface area contributed by atoms with Gasteiger partial charge in [-0.05, 0) is 18.6 Å².